The Balaban J connectivity index is 0.958. The summed E-state index contributed by atoms with van der Waals surface area (Å²) < 4.78 is 2.47. The Morgan fingerprint density at radius 2 is 0.403 bits per heavy atom. The van der Waals surface area contributed by atoms with Gasteiger partial charge in [0.15, 0.2) is 0 Å². The van der Waals surface area contributed by atoms with Gasteiger partial charge in [0, 0.05) is 58.5 Å². The lowest BCUT2D eigenvalue weighted by Gasteiger charge is -2.04. The van der Waals surface area contributed by atoms with Gasteiger partial charge in [0.2, 0.25) is 0 Å². The molecule has 0 aromatic carbocycles. The molecule has 0 atom stereocenters. The van der Waals surface area contributed by atoms with Crippen LogP contribution in [0, 0.1) is 0 Å². The predicted molar refractivity (Wildman–Crippen MR) is 578 cm³/mol. The highest BCUT2D eigenvalue weighted by Crippen LogP contribution is 2.53. The number of halogens is 2. The van der Waals surface area contributed by atoms with Crippen molar-refractivity contribution in [3.63, 3.8) is 0 Å². The van der Waals surface area contributed by atoms with E-state index in [0.29, 0.717) is 0 Å². The Morgan fingerprint density at radius 3 is 0.710 bits per heavy atom. The van der Waals surface area contributed by atoms with Gasteiger partial charge in [0.1, 0.15) is 10.0 Å². The number of hydrogen-bond acceptors (Lipinski definition) is 12. The lowest BCUT2D eigenvalue weighted by molar-refractivity contribution is 0.555. The third kappa shape index (κ3) is 37.0. The first-order valence-electron chi connectivity index (χ1n) is 51.4. The SMILES string of the molecule is CCCCCCCCCCCCc1cc(Br)sc1-c1cc(CCCCCCCCCCCC)c(-c2nc(CCCCCCCCCCCC)c(-c3ccc(-c4ccc(-c5sc(-c6sc(-c7sc(-c8ccc(-c9ccc(Br)s9)s8)cc7CCCCCCCCCCCC)cc6CCCCCCCCCCCC)nc5CCCCCCCCCCCC)s4)s3)s2)s1. The summed E-state index contributed by atoms with van der Waals surface area (Å²) in [6.07, 6.45) is 88.1. The van der Waals surface area contributed by atoms with Gasteiger partial charge in [-0.25, -0.2) is 9.97 Å². The highest BCUT2D eigenvalue weighted by atomic mass is 79.9. The van der Waals surface area contributed by atoms with Crippen LogP contribution in [-0.2, 0) is 38.5 Å². The van der Waals surface area contributed by atoms with Crippen molar-refractivity contribution in [2.45, 2.75) is 465 Å². The van der Waals surface area contributed by atoms with Crippen molar-refractivity contribution in [2.75, 3.05) is 0 Å². The molecule has 0 N–H and O–H groups in total. The molecule has 0 aliphatic heterocycles. The molecule has 686 valence electrons. The minimum Gasteiger partial charge on any atom is -0.240 e. The summed E-state index contributed by atoms with van der Waals surface area (Å²) in [6.45, 7) is 14.0. The maximum atomic E-state index is 5.97. The number of thiazole rings is 2. The molecule has 0 aliphatic rings. The highest BCUT2D eigenvalue weighted by Gasteiger charge is 2.27. The number of thiophene rings is 8. The van der Waals surface area contributed by atoms with Gasteiger partial charge in [-0.3, -0.25) is 0 Å². The summed E-state index contributed by atoms with van der Waals surface area (Å²) in [5, 5.41) is 2.52. The molecule has 0 aliphatic carbocycles. The fraction of sp³-hybridized carbons (Fsp3) is 0.655. The van der Waals surface area contributed by atoms with Crippen LogP contribution >= 0.6 is 145 Å². The van der Waals surface area contributed by atoms with Gasteiger partial charge in [-0.1, -0.05) is 388 Å². The molecule has 10 heterocycles. The molecule has 0 spiro atoms. The predicted octanol–water partition coefficient (Wildman–Crippen LogP) is 44.4. The van der Waals surface area contributed by atoms with Crippen molar-refractivity contribution < 1.29 is 0 Å². The number of unbranched alkanes of at least 4 members (excludes halogenated alkanes) is 54. The van der Waals surface area contributed by atoms with Gasteiger partial charge in [0.25, 0.3) is 0 Å². The molecule has 10 aromatic rings. The van der Waals surface area contributed by atoms with E-state index in [0.717, 1.165) is 32.1 Å². The first-order chi connectivity index (χ1) is 61.2. The molecule has 10 aromatic heterocycles. The first-order valence-corrected chi connectivity index (χ1v) is 61.2. The topological polar surface area (TPSA) is 25.8 Å². The highest BCUT2D eigenvalue weighted by molar-refractivity contribution is 9.11. The molecule has 0 saturated carbocycles. The van der Waals surface area contributed by atoms with Crippen LogP contribution in [0.25, 0.3) is 88.0 Å². The fourth-order valence-corrected chi connectivity index (χ4v) is 31.2. The van der Waals surface area contributed by atoms with Crippen molar-refractivity contribution in [1.29, 1.82) is 0 Å². The second-order valence-corrected chi connectivity index (χ2v) is 49.9. The normalized spacial score (nSPS) is 11.9. The molecule has 0 fully saturated rings. The molecule has 2 nitrogen and oxygen atoms in total. The fourth-order valence-electron chi connectivity index (χ4n) is 18.2. The minimum atomic E-state index is 1.04. The standard InChI is InChI=1S/C110H162Br2N2S10/c1-7-13-19-25-31-37-43-49-55-61-67-85-81-98(95-74-73-93(115-95)94-79-80-101(111)118-94)119-103(85)99-82-86(68-62-56-50-44-38-32-26-20-14-8-2)105(120-99)109-113-89(71-65-59-53-47-41-35-29-23-17-11-5)107(123-109)96-77-75-91(116-96)92-76-78-97(117-92)108-90(72-66-60-54-48-42-36-30-24-18-12-6)114-110(124-108)106-87(69-63-57-51-45-39-33-27-21-15-9-3)83-100(121-106)104-88(84-102(112)122-104)70-64-58-52-46-40-34-28-22-16-10-4/h73-84H,7-72H2,1-6H3. The van der Waals surface area contributed by atoms with E-state index in [1.54, 1.807) is 11.1 Å². The Labute approximate surface area is 814 Å². The maximum absolute atomic E-state index is 5.97. The third-order valence-electron chi connectivity index (χ3n) is 25.7. The van der Waals surface area contributed by atoms with Gasteiger partial charge in [-0.2, -0.15) is 0 Å². The van der Waals surface area contributed by atoms with Crippen LogP contribution < -0.4 is 0 Å². The van der Waals surface area contributed by atoms with Gasteiger partial charge in [0.05, 0.1) is 38.5 Å². The maximum Gasteiger partial charge on any atom is 0.134 e. The van der Waals surface area contributed by atoms with Crippen molar-refractivity contribution in [3.05, 3.63) is 114 Å². The Kier molecular flexibility index (Phi) is 52.9. The number of rotatable bonds is 75. The largest absolute Gasteiger partial charge is 0.240 e. The molecular formula is C110H162Br2N2S10. The molecular weight excluding hydrogens is 1830 g/mol. The van der Waals surface area contributed by atoms with Gasteiger partial charge in [-0.15, -0.1) is 113 Å². The van der Waals surface area contributed by atoms with E-state index in [4.69, 9.17) is 9.97 Å². The minimum absolute atomic E-state index is 1.04. The van der Waals surface area contributed by atoms with E-state index >= 15 is 0 Å². The third-order valence-corrected chi connectivity index (χ3v) is 39.6. The lowest BCUT2D eigenvalue weighted by Crippen LogP contribution is -1.90. The van der Waals surface area contributed by atoms with Crippen LogP contribution in [0.5, 0.6) is 0 Å². The number of aryl methyl sites for hydroxylation is 6. The summed E-state index contributed by atoms with van der Waals surface area (Å²) in [5.41, 5.74) is 8.84. The first kappa shape index (κ1) is 104. The van der Waals surface area contributed by atoms with Crippen LogP contribution in [0.15, 0.2) is 80.4 Å². The van der Waals surface area contributed by atoms with Gasteiger partial charge in [-0.05, 0) is 204 Å². The molecule has 0 amide bonds. The van der Waals surface area contributed by atoms with Crippen LogP contribution in [0.3, 0.4) is 0 Å². The van der Waals surface area contributed by atoms with Crippen LogP contribution in [-0.4, -0.2) is 9.97 Å². The Hall–Kier alpha value is -2.18. The number of nitrogens with zero attached hydrogens (tertiary/aromatic N) is 2. The van der Waals surface area contributed by atoms with E-state index in [1.807, 2.05) is 79.4 Å². The van der Waals surface area contributed by atoms with Crippen molar-refractivity contribution in [2.24, 2.45) is 0 Å². The summed E-state index contributed by atoms with van der Waals surface area (Å²) in [6, 6.07) is 29.6. The van der Waals surface area contributed by atoms with Crippen LogP contribution in [0.4, 0.5) is 0 Å². The summed E-state index contributed by atoms with van der Waals surface area (Å²) in [5.74, 6) is 0. The van der Waals surface area contributed by atoms with E-state index in [9.17, 15) is 0 Å². The van der Waals surface area contributed by atoms with E-state index in [-0.39, 0.29) is 0 Å². The quantitative estimate of drug-likeness (QED) is 0.0355. The smallest absolute Gasteiger partial charge is 0.134 e. The summed E-state index contributed by atoms with van der Waals surface area (Å²) in [4.78, 5) is 34.6. The second kappa shape index (κ2) is 63.1. The van der Waals surface area contributed by atoms with Gasteiger partial charge >= 0.3 is 0 Å². The number of aromatic nitrogens is 2. The molecule has 0 unspecified atom stereocenters. The van der Waals surface area contributed by atoms with Crippen molar-refractivity contribution in [1.82, 2.24) is 9.97 Å². The molecule has 124 heavy (non-hydrogen) atoms. The number of hydrogen-bond donors (Lipinski definition) is 0. The zero-order chi connectivity index (χ0) is 86.7. The average molecular weight is 1990 g/mol. The van der Waals surface area contributed by atoms with Crippen LogP contribution in [0.2, 0.25) is 0 Å². The summed E-state index contributed by atoms with van der Waals surface area (Å²) >= 11 is 27.9. The van der Waals surface area contributed by atoms with Gasteiger partial charge < -0.3 is 0 Å². The molecule has 0 radical (unpaired) electrons. The summed E-state index contributed by atoms with van der Waals surface area (Å²) in [7, 11) is 0. The second-order valence-electron chi connectivity index (χ2n) is 36.6. The van der Waals surface area contributed by atoms with E-state index < -0.39 is 0 Å². The molecule has 0 bridgehead atoms. The van der Waals surface area contributed by atoms with E-state index in [2.05, 4.69) is 180 Å². The molecule has 0 saturated heterocycles. The Morgan fingerprint density at radius 1 is 0.177 bits per heavy atom. The zero-order valence-electron chi connectivity index (χ0n) is 78.3. The zero-order valence-corrected chi connectivity index (χ0v) is 89.7. The lowest BCUT2D eigenvalue weighted by atomic mass is 10.0. The monoisotopic (exact) mass is 1990 g/mol. The van der Waals surface area contributed by atoms with Crippen molar-refractivity contribution >= 4 is 145 Å². The molecule has 14 heteroatoms. The van der Waals surface area contributed by atoms with Crippen molar-refractivity contribution in [3.8, 4) is 88.0 Å². The Bertz CT molecular complexity index is 4390. The average Bonchev–Trinajstić information content (AvgIpc) is 1.60. The van der Waals surface area contributed by atoms with E-state index in [1.165, 1.54) is 510 Å². The van der Waals surface area contributed by atoms with Crippen LogP contribution in [0.1, 0.15) is 460 Å². The molecule has 10 rings (SSSR count).